The minimum atomic E-state index is -0.836. The topological polar surface area (TPSA) is 65.1 Å². The van der Waals surface area contributed by atoms with Crippen molar-refractivity contribution in [3.63, 3.8) is 0 Å². The number of hydrogen-bond donors (Lipinski definition) is 3. The lowest BCUT2D eigenvalue weighted by molar-refractivity contribution is 0.0831. The highest BCUT2D eigenvalue weighted by Crippen LogP contribution is 2.29. The zero-order valence-electron chi connectivity index (χ0n) is 13.4. The first-order valence-corrected chi connectivity index (χ1v) is 7.89. The molecule has 0 aliphatic heterocycles. The van der Waals surface area contributed by atoms with Crippen molar-refractivity contribution in [2.24, 2.45) is 0 Å². The van der Waals surface area contributed by atoms with Crippen LogP contribution in [-0.2, 0) is 0 Å². The molecule has 0 aliphatic carbocycles. The van der Waals surface area contributed by atoms with E-state index >= 15 is 0 Å². The van der Waals surface area contributed by atoms with Gasteiger partial charge in [-0.2, -0.15) is 0 Å². The van der Waals surface area contributed by atoms with Crippen molar-refractivity contribution in [3.05, 3.63) is 95.3 Å². The maximum absolute atomic E-state index is 12.6. The molecule has 4 heteroatoms. The van der Waals surface area contributed by atoms with Crippen LogP contribution in [-0.4, -0.2) is 16.0 Å². The van der Waals surface area contributed by atoms with E-state index in [2.05, 4.69) is 10.3 Å². The van der Waals surface area contributed by atoms with Crippen LogP contribution in [0.3, 0.4) is 0 Å². The number of aliphatic hydroxyl groups excluding tert-OH is 1. The van der Waals surface area contributed by atoms with E-state index in [0.717, 1.165) is 16.8 Å². The lowest BCUT2D eigenvalue weighted by atomic mass is 9.95. The van der Waals surface area contributed by atoms with Crippen molar-refractivity contribution in [2.45, 2.75) is 19.1 Å². The molecule has 3 rings (SSSR count). The Morgan fingerprint density at radius 1 is 0.958 bits per heavy atom. The molecule has 0 fully saturated rings. The van der Waals surface area contributed by atoms with Crippen LogP contribution < -0.4 is 5.32 Å². The molecule has 0 saturated heterocycles. The van der Waals surface area contributed by atoms with Crippen LogP contribution in [0.5, 0.6) is 0 Å². The minimum absolute atomic E-state index is 0.211. The smallest absolute Gasteiger partial charge is 0.253 e. The number of carbonyl (C=O) groups is 1. The number of hydrogen-bond acceptors (Lipinski definition) is 2. The summed E-state index contributed by atoms with van der Waals surface area (Å²) in [6.45, 7) is 1.85. The summed E-state index contributed by atoms with van der Waals surface area (Å²) in [6.07, 6.45) is 0.895. The van der Waals surface area contributed by atoms with Crippen LogP contribution in [0.1, 0.15) is 39.3 Å². The first-order valence-electron chi connectivity index (χ1n) is 7.89. The van der Waals surface area contributed by atoms with Crippen LogP contribution in [0.15, 0.2) is 72.9 Å². The van der Waals surface area contributed by atoms with Gasteiger partial charge in [0, 0.05) is 11.9 Å². The van der Waals surface area contributed by atoms with E-state index in [9.17, 15) is 9.90 Å². The summed E-state index contributed by atoms with van der Waals surface area (Å²) in [6, 6.07) is 20.1. The molecule has 1 heterocycles. The van der Waals surface area contributed by atoms with Crippen molar-refractivity contribution in [1.82, 2.24) is 10.3 Å². The Morgan fingerprint density at radius 2 is 1.54 bits per heavy atom. The molecule has 0 unspecified atom stereocenters. The predicted molar refractivity (Wildman–Crippen MR) is 93.6 cm³/mol. The molecule has 2 atom stereocenters. The van der Waals surface area contributed by atoms with Gasteiger partial charge in [-0.25, -0.2) is 0 Å². The van der Waals surface area contributed by atoms with E-state index in [4.69, 9.17) is 0 Å². The van der Waals surface area contributed by atoms with E-state index in [1.807, 2.05) is 67.6 Å². The summed E-state index contributed by atoms with van der Waals surface area (Å²) in [4.78, 5) is 15.6. The monoisotopic (exact) mass is 320 g/mol. The molecule has 0 bridgehead atoms. The van der Waals surface area contributed by atoms with Gasteiger partial charge >= 0.3 is 0 Å². The van der Waals surface area contributed by atoms with Crippen LogP contribution >= 0.6 is 0 Å². The summed E-state index contributed by atoms with van der Waals surface area (Å²) in [7, 11) is 0. The maximum atomic E-state index is 12.6. The fourth-order valence-corrected chi connectivity index (χ4v) is 2.77. The number of aromatic amines is 1. The number of carbonyl (C=O) groups excluding carboxylic acids is 1. The summed E-state index contributed by atoms with van der Waals surface area (Å²) in [5.41, 5.74) is 3.00. The molecular formula is C20H20N2O2. The average Bonchev–Trinajstić information content (AvgIpc) is 3.06. The van der Waals surface area contributed by atoms with Gasteiger partial charge < -0.3 is 15.4 Å². The lowest BCUT2D eigenvalue weighted by Crippen LogP contribution is -2.32. The molecule has 1 aromatic heterocycles. The Bertz CT molecular complexity index is 797. The molecule has 24 heavy (non-hydrogen) atoms. The minimum Gasteiger partial charge on any atom is -0.386 e. The molecule has 0 spiro atoms. The maximum Gasteiger partial charge on any atom is 0.253 e. The standard InChI is InChI=1S/C20H20N2O2/c1-14-17(12-13-21-14)20(24)22-18(15-8-4-2-5-9-15)19(23)16-10-6-3-7-11-16/h2-13,18-19,21,23H,1H3,(H,22,24)/t18-,19+/m0/s1. The second kappa shape index (κ2) is 7.15. The molecule has 0 saturated carbocycles. The number of benzene rings is 2. The van der Waals surface area contributed by atoms with E-state index in [0.29, 0.717) is 5.56 Å². The van der Waals surface area contributed by atoms with Gasteiger partial charge in [0.2, 0.25) is 0 Å². The fraction of sp³-hybridized carbons (Fsp3) is 0.150. The number of aliphatic hydroxyl groups is 1. The first-order chi connectivity index (χ1) is 11.7. The number of H-pyrrole nitrogens is 1. The zero-order valence-corrected chi connectivity index (χ0v) is 13.4. The zero-order chi connectivity index (χ0) is 16.9. The van der Waals surface area contributed by atoms with Crippen LogP contribution in [0.2, 0.25) is 0 Å². The van der Waals surface area contributed by atoms with Crippen LogP contribution in [0.25, 0.3) is 0 Å². The third-order valence-electron chi connectivity index (χ3n) is 4.10. The molecule has 122 valence electrons. The largest absolute Gasteiger partial charge is 0.386 e. The predicted octanol–water partition coefficient (Wildman–Crippen LogP) is 3.53. The van der Waals surface area contributed by atoms with Crippen LogP contribution in [0.4, 0.5) is 0 Å². The highest BCUT2D eigenvalue weighted by Gasteiger charge is 2.25. The average molecular weight is 320 g/mol. The summed E-state index contributed by atoms with van der Waals surface area (Å²) < 4.78 is 0. The molecule has 4 nitrogen and oxygen atoms in total. The third-order valence-corrected chi connectivity index (χ3v) is 4.10. The van der Waals surface area contributed by atoms with Crippen molar-refractivity contribution in [3.8, 4) is 0 Å². The van der Waals surface area contributed by atoms with Gasteiger partial charge in [-0.05, 0) is 24.1 Å². The van der Waals surface area contributed by atoms with Crippen LogP contribution in [0, 0.1) is 6.92 Å². The van der Waals surface area contributed by atoms with Gasteiger partial charge in [-0.1, -0.05) is 60.7 Å². The van der Waals surface area contributed by atoms with Gasteiger partial charge in [-0.3, -0.25) is 4.79 Å². The first kappa shape index (κ1) is 16.0. The Hall–Kier alpha value is -2.85. The van der Waals surface area contributed by atoms with Gasteiger partial charge in [0.05, 0.1) is 11.6 Å². The number of aryl methyl sites for hydroxylation is 1. The molecule has 3 aromatic rings. The van der Waals surface area contributed by atoms with Crippen molar-refractivity contribution < 1.29 is 9.90 Å². The van der Waals surface area contributed by atoms with E-state index < -0.39 is 12.1 Å². The van der Waals surface area contributed by atoms with E-state index in [-0.39, 0.29) is 5.91 Å². The Morgan fingerprint density at radius 3 is 2.08 bits per heavy atom. The molecule has 0 radical (unpaired) electrons. The molecule has 3 N–H and O–H groups in total. The second-order valence-electron chi connectivity index (χ2n) is 5.73. The Kier molecular flexibility index (Phi) is 4.77. The lowest BCUT2D eigenvalue weighted by Gasteiger charge is -2.25. The number of nitrogens with one attached hydrogen (secondary N) is 2. The normalized spacial score (nSPS) is 13.2. The van der Waals surface area contributed by atoms with Gasteiger partial charge in [-0.15, -0.1) is 0 Å². The highest BCUT2D eigenvalue weighted by atomic mass is 16.3. The highest BCUT2D eigenvalue weighted by molar-refractivity contribution is 5.95. The Labute approximate surface area is 141 Å². The van der Waals surface area contributed by atoms with Crippen molar-refractivity contribution in [1.29, 1.82) is 0 Å². The Balaban J connectivity index is 1.91. The number of rotatable bonds is 5. The summed E-state index contributed by atoms with van der Waals surface area (Å²) >= 11 is 0. The second-order valence-corrected chi connectivity index (χ2v) is 5.73. The summed E-state index contributed by atoms with van der Waals surface area (Å²) in [5, 5.41) is 13.8. The van der Waals surface area contributed by atoms with Crippen molar-refractivity contribution >= 4 is 5.91 Å². The molecular weight excluding hydrogens is 300 g/mol. The molecule has 2 aromatic carbocycles. The van der Waals surface area contributed by atoms with Gasteiger partial charge in [0.1, 0.15) is 6.10 Å². The number of amides is 1. The summed E-state index contributed by atoms with van der Waals surface area (Å²) in [5.74, 6) is -0.211. The molecule has 1 amide bonds. The number of aromatic nitrogens is 1. The fourth-order valence-electron chi connectivity index (χ4n) is 2.77. The van der Waals surface area contributed by atoms with Gasteiger partial charge in [0.25, 0.3) is 5.91 Å². The van der Waals surface area contributed by atoms with E-state index in [1.165, 1.54) is 0 Å². The van der Waals surface area contributed by atoms with Gasteiger partial charge in [0.15, 0.2) is 0 Å². The third kappa shape index (κ3) is 3.39. The quantitative estimate of drug-likeness (QED) is 0.673. The van der Waals surface area contributed by atoms with E-state index in [1.54, 1.807) is 12.3 Å². The van der Waals surface area contributed by atoms with Crippen molar-refractivity contribution in [2.75, 3.05) is 0 Å². The molecule has 0 aliphatic rings. The SMILES string of the molecule is Cc1[nH]ccc1C(=O)N[C@@H](c1ccccc1)[C@H](O)c1ccccc1.